The third kappa shape index (κ3) is 5.31. The van der Waals surface area contributed by atoms with Crippen molar-refractivity contribution in [3.63, 3.8) is 0 Å². The highest BCUT2D eigenvalue weighted by Crippen LogP contribution is 2.33. The van der Waals surface area contributed by atoms with E-state index in [1.807, 2.05) is 23.6 Å². The number of hydrogen-bond acceptors (Lipinski definition) is 4. The third-order valence-electron chi connectivity index (χ3n) is 5.30. The summed E-state index contributed by atoms with van der Waals surface area (Å²) < 4.78 is 32.7. The van der Waals surface area contributed by atoms with E-state index in [0.717, 1.165) is 49.7 Å². The van der Waals surface area contributed by atoms with Crippen LogP contribution in [0.15, 0.2) is 60.0 Å². The maximum atomic E-state index is 13.4. The summed E-state index contributed by atoms with van der Waals surface area (Å²) in [6, 6.07) is 15.0. The van der Waals surface area contributed by atoms with Crippen LogP contribution >= 0.6 is 22.9 Å². The average molecular weight is 449 g/mol. The molecule has 3 nitrogen and oxygen atoms in total. The van der Waals surface area contributed by atoms with Crippen molar-refractivity contribution in [3.05, 3.63) is 81.5 Å². The van der Waals surface area contributed by atoms with Crippen LogP contribution in [0.25, 0.3) is 0 Å². The standard InChI is InChI=1S/C23H23ClF2N2OS/c24-20-16-18(26)5-8-21(20)29-22(23-2-1-15-30-23)9-10-27-11-13-28(14-12-27)19-6-3-17(25)4-7-19/h1-8,15-16,22H,9-14H2. The van der Waals surface area contributed by atoms with Crippen molar-refractivity contribution in [2.24, 2.45) is 0 Å². The van der Waals surface area contributed by atoms with Gasteiger partial charge in [0.1, 0.15) is 23.5 Å². The van der Waals surface area contributed by atoms with Gasteiger partial charge in [0.15, 0.2) is 0 Å². The largest absolute Gasteiger partial charge is 0.483 e. The summed E-state index contributed by atoms with van der Waals surface area (Å²) in [6.45, 7) is 4.57. The molecule has 0 bridgehead atoms. The zero-order valence-corrected chi connectivity index (χ0v) is 18.0. The van der Waals surface area contributed by atoms with Crippen LogP contribution in [0.4, 0.5) is 14.5 Å². The van der Waals surface area contributed by atoms with E-state index in [1.165, 1.54) is 24.3 Å². The van der Waals surface area contributed by atoms with Gasteiger partial charge in [-0.2, -0.15) is 0 Å². The predicted molar refractivity (Wildman–Crippen MR) is 119 cm³/mol. The molecule has 0 aliphatic carbocycles. The van der Waals surface area contributed by atoms with Gasteiger partial charge in [0.2, 0.25) is 0 Å². The first-order valence-corrected chi connectivity index (χ1v) is 11.2. The summed E-state index contributed by atoms with van der Waals surface area (Å²) in [5.74, 6) is -0.0880. The number of ether oxygens (including phenoxy) is 1. The fraction of sp³-hybridized carbons (Fsp3) is 0.304. The minimum atomic E-state index is -0.376. The number of piperazine rings is 1. The van der Waals surface area contributed by atoms with Crippen LogP contribution in [0.2, 0.25) is 5.02 Å². The Hall–Kier alpha value is -2.15. The molecule has 1 aliphatic rings. The van der Waals surface area contributed by atoms with Crippen LogP contribution in [-0.4, -0.2) is 37.6 Å². The molecule has 3 aromatic rings. The second kappa shape index (κ2) is 9.77. The molecule has 0 spiro atoms. The Morgan fingerprint density at radius 3 is 2.37 bits per heavy atom. The van der Waals surface area contributed by atoms with E-state index in [9.17, 15) is 8.78 Å². The molecule has 1 saturated heterocycles. The Labute approximate surface area is 184 Å². The van der Waals surface area contributed by atoms with E-state index in [0.29, 0.717) is 5.75 Å². The van der Waals surface area contributed by atoms with Crippen molar-refractivity contribution in [1.82, 2.24) is 4.90 Å². The van der Waals surface area contributed by atoms with Gasteiger partial charge >= 0.3 is 0 Å². The SMILES string of the molecule is Fc1ccc(N2CCN(CCC(Oc3ccc(F)cc3Cl)c3cccs3)CC2)cc1. The highest BCUT2D eigenvalue weighted by atomic mass is 35.5. The molecule has 4 rings (SSSR count). The smallest absolute Gasteiger partial charge is 0.139 e. The number of benzene rings is 2. The normalized spacial score (nSPS) is 15.9. The van der Waals surface area contributed by atoms with Gasteiger partial charge in [0.05, 0.1) is 5.02 Å². The monoisotopic (exact) mass is 448 g/mol. The minimum Gasteiger partial charge on any atom is -0.483 e. The number of anilines is 1. The molecule has 0 saturated carbocycles. The van der Waals surface area contributed by atoms with Gasteiger partial charge in [-0.1, -0.05) is 17.7 Å². The molecule has 2 aromatic carbocycles. The number of thiophene rings is 1. The first-order valence-electron chi connectivity index (χ1n) is 9.96. The van der Waals surface area contributed by atoms with E-state index in [4.69, 9.17) is 16.3 Å². The van der Waals surface area contributed by atoms with Crippen LogP contribution in [-0.2, 0) is 0 Å². The van der Waals surface area contributed by atoms with Crippen LogP contribution in [0.5, 0.6) is 5.75 Å². The van der Waals surface area contributed by atoms with Crippen LogP contribution in [0.1, 0.15) is 17.4 Å². The molecule has 158 valence electrons. The zero-order valence-electron chi connectivity index (χ0n) is 16.4. The summed E-state index contributed by atoms with van der Waals surface area (Å²) in [4.78, 5) is 5.82. The molecule has 0 N–H and O–H groups in total. The van der Waals surface area contributed by atoms with E-state index < -0.39 is 0 Å². The average Bonchev–Trinajstić information content (AvgIpc) is 3.28. The van der Waals surface area contributed by atoms with Crippen LogP contribution < -0.4 is 9.64 Å². The summed E-state index contributed by atoms with van der Waals surface area (Å²) >= 11 is 7.81. The number of halogens is 3. The molecule has 0 amide bonds. The van der Waals surface area contributed by atoms with Gasteiger partial charge in [-0.05, 0) is 53.9 Å². The molecule has 30 heavy (non-hydrogen) atoms. The maximum absolute atomic E-state index is 13.4. The van der Waals surface area contributed by atoms with Gasteiger partial charge in [-0.15, -0.1) is 11.3 Å². The van der Waals surface area contributed by atoms with Crippen LogP contribution in [0.3, 0.4) is 0 Å². The van der Waals surface area contributed by atoms with Crippen molar-refractivity contribution < 1.29 is 13.5 Å². The first-order chi connectivity index (χ1) is 14.6. The molecule has 2 heterocycles. The highest BCUT2D eigenvalue weighted by Gasteiger charge is 2.21. The van der Waals surface area contributed by atoms with E-state index in [-0.39, 0.29) is 22.8 Å². The topological polar surface area (TPSA) is 15.7 Å². The lowest BCUT2D eigenvalue weighted by atomic mass is 10.1. The van der Waals surface area contributed by atoms with Crippen molar-refractivity contribution in [3.8, 4) is 5.75 Å². The maximum Gasteiger partial charge on any atom is 0.139 e. The minimum absolute atomic E-state index is 0.136. The molecule has 0 radical (unpaired) electrons. The van der Waals surface area contributed by atoms with E-state index in [1.54, 1.807) is 17.4 Å². The fourth-order valence-corrected chi connectivity index (χ4v) is 4.64. The molecule has 7 heteroatoms. The Balaban J connectivity index is 1.34. The highest BCUT2D eigenvalue weighted by molar-refractivity contribution is 7.10. The third-order valence-corrected chi connectivity index (χ3v) is 6.55. The van der Waals surface area contributed by atoms with Gasteiger partial charge in [-0.3, -0.25) is 4.90 Å². The summed E-state index contributed by atoms with van der Waals surface area (Å²) in [5.41, 5.74) is 1.06. The molecule has 1 unspecified atom stereocenters. The Morgan fingerprint density at radius 1 is 0.967 bits per heavy atom. The number of rotatable bonds is 7. The zero-order chi connectivity index (χ0) is 20.9. The van der Waals surface area contributed by atoms with Gasteiger partial charge < -0.3 is 9.64 Å². The molecule has 1 fully saturated rings. The lowest BCUT2D eigenvalue weighted by Crippen LogP contribution is -2.46. The predicted octanol–water partition coefficient (Wildman–Crippen LogP) is 6.01. The molecule has 1 aliphatic heterocycles. The molecule has 1 aromatic heterocycles. The summed E-state index contributed by atoms with van der Waals surface area (Å²) in [6.07, 6.45) is 0.674. The molecular weight excluding hydrogens is 426 g/mol. The van der Waals surface area contributed by atoms with Crippen molar-refractivity contribution in [1.29, 1.82) is 0 Å². The quantitative estimate of drug-likeness (QED) is 0.440. The van der Waals surface area contributed by atoms with E-state index in [2.05, 4.69) is 15.9 Å². The van der Waals surface area contributed by atoms with Gasteiger partial charge in [-0.25, -0.2) is 8.78 Å². The Morgan fingerprint density at radius 2 is 1.70 bits per heavy atom. The van der Waals surface area contributed by atoms with E-state index >= 15 is 0 Å². The number of nitrogens with zero attached hydrogens (tertiary/aromatic N) is 2. The molecule has 1 atom stereocenters. The fourth-order valence-electron chi connectivity index (χ4n) is 3.64. The van der Waals surface area contributed by atoms with Crippen LogP contribution in [0, 0.1) is 11.6 Å². The second-order valence-corrected chi connectivity index (χ2v) is 8.68. The van der Waals surface area contributed by atoms with Crippen molar-refractivity contribution in [2.45, 2.75) is 12.5 Å². The lowest BCUT2D eigenvalue weighted by molar-refractivity contribution is 0.163. The first kappa shape index (κ1) is 21.1. The van der Waals surface area contributed by atoms with Crippen molar-refractivity contribution >= 4 is 28.6 Å². The van der Waals surface area contributed by atoms with Gasteiger partial charge in [0, 0.05) is 49.7 Å². The lowest BCUT2D eigenvalue weighted by Gasteiger charge is -2.36. The summed E-state index contributed by atoms with van der Waals surface area (Å²) in [5, 5.41) is 2.31. The summed E-state index contributed by atoms with van der Waals surface area (Å²) in [7, 11) is 0. The second-order valence-electron chi connectivity index (χ2n) is 7.29. The van der Waals surface area contributed by atoms with Gasteiger partial charge in [0.25, 0.3) is 0 Å². The Kier molecular flexibility index (Phi) is 6.87. The number of hydrogen-bond donors (Lipinski definition) is 0. The molecular formula is C23H23ClF2N2OS. The Bertz CT molecular complexity index is 944. The van der Waals surface area contributed by atoms with Crippen molar-refractivity contribution in [2.75, 3.05) is 37.6 Å².